The molecule has 1 aliphatic heterocycles. The molecule has 0 unspecified atom stereocenters. The molecule has 0 amide bonds. The minimum absolute atomic E-state index is 1.05. The van der Waals surface area contributed by atoms with Crippen LogP contribution in [0.5, 0.6) is 0 Å². The van der Waals surface area contributed by atoms with Crippen LogP contribution in [0, 0.1) is 20.8 Å². The van der Waals surface area contributed by atoms with E-state index in [1.165, 1.54) is 22.5 Å². The standard InChI is InChI=1S/C14H17N3/c1-9-10(2)16-17(11(9)3)13-5-4-12-6-7-15-14(12)8-13/h4-5,8,15H,6-7H2,1-3H3. The van der Waals surface area contributed by atoms with E-state index >= 15 is 0 Å². The maximum atomic E-state index is 4.59. The molecule has 0 radical (unpaired) electrons. The molecule has 3 heteroatoms. The van der Waals surface area contributed by atoms with E-state index < -0.39 is 0 Å². The topological polar surface area (TPSA) is 29.9 Å². The maximum Gasteiger partial charge on any atom is 0.0669 e. The van der Waals surface area contributed by atoms with Crippen molar-refractivity contribution >= 4 is 5.69 Å². The monoisotopic (exact) mass is 227 g/mol. The first-order chi connectivity index (χ1) is 8.16. The highest BCUT2D eigenvalue weighted by Gasteiger charge is 2.13. The van der Waals surface area contributed by atoms with E-state index in [-0.39, 0.29) is 0 Å². The zero-order valence-corrected chi connectivity index (χ0v) is 10.5. The van der Waals surface area contributed by atoms with Crippen LogP contribution in [0.15, 0.2) is 18.2 Å². The summed E-state index contributed by atoms with van der Waals surface area (Å²) < 4.78 is 2.03. The van der Waals surface area contributed by atoms with Gasteiger partial charge in [-0.3, -0.25) is 0 Å². The largest absolute Gasteiger partial charge is 0.384 e. The minimum Gasteiger partial charge on any atom is -0.384 e. The average molecular weight is 227 g/mol. The fraction of sp³-hybridized carbons (Fsp3) is 0.357. The Morgan fingerprint density at radius 3 is 2.76 bits per heavy atom. The number of aromatic nitrogens is 2. The third kappa shape index (κ3) is 1.54. The van der Waals surface area contributed by atoms with Gasteiger partial charge in [-0.05, 0) is 50.5 Å². The van der Waals surface area contributed by atoms with E-state index in [4.69, 9.17) is 0 Å². The second-order valence-electron chi connectivity index (χ2n) is 4.73. The minimum atomic E-state index is 1.05. The van der Waals surface area contributed by atoms with Gasteiger partial charge in [-0.1, -0.05) is 6.07 Å². The van der Waals surface area contributed by atoms with Crippen LogP contribution in [0.1, 0.15) is 22.5 Å². The molecule has 0 aliphatic carbocycles. The quantitative estimate of drug-likeness (QED) is 0.812. The van der Waals surface area contributed by atoms with E-state index in [1.807, 2.05) is 4.68 Å². The van der Waals surface area contributed by atoms with Crippen molar-refractivity contribution in [2.24, 2.45) is 0 Å². The molecule has 2 aromatic rings. The number of nitrogens with zero attached hydrogens (tertiary/aromatic N) is 2. The van der Waals surface area contributed by atoms with Gasteiger partial charge >= 0.3 is 0 Å². The van der Waals surface area contributed by atoms with Crippen LogP contribution in [0.25, 0.3) is 5.69 Å². The molecule has 88 valence electrons. The lowest BCUT2D eigenvalue weighted by molar-refractivity contribution is 0.833. The SMILES string of the molecule is Cc1nn(-c2ccc3c(c2)NCC3)c(C)c1C. The smallest absolute Gasteiger partial charge is 0.0669 e. The van der Waals surface area contributed by atoms with Gasteiger partial charge in [0.15, 0.2) is 0 Å². The molecular weight excluding hydrogens is 210 g/mol. The van der Waals surface area contributed by atoms with Gasteiger partial charge in [0.2, 0.25) is 0 Å². The summed E-state index contributed by atoms with van der Waals surface area (Å²) in [5.74, 6) is 0. The molecule has 2 heterocycles. The number of rotatable bonds is 1. The Labute approximate surface area is 101 Å². The highest BCUT2D eigenvalue weighted by atomic mass is 15.3. The molecule has 3 rings (SSSR count). The second kappa shape index (κ2) is 3.62. The summed E-state index contributed by atoms with van der Waals surface area (Å²) in [4.78, 5) is 0. The number of hydrogen-bond donors (Lipinski definition) is 1. The molecule has 1 N–H and O–H groups in total. The molecule has 0 spiro atoms. The molecule has 0 bridgehead atoms. The Morgan fingerprint density at radius 1 is 1.24 bits per heavy atom. The first-order valence-electron chi connectivity index (χ1n) is 6.07. The van der Waals surface area contributed by atoms with Crippen LogP contribution in [0.2, 0.25) is 0 Å². The predicted octanol–water partition coefficient (Wildman–Crippen LogP) is 2.77. The third-order valence-corrected chi connectivity index (χ3v) is 3.70. The maximum absolute atomic E-state index is 4.59. The van der Waals surface area contributed by atoms with Gasteiger partial charge in [0.1, 0.15) is 0 Å². The van der Waals surface area contributed by atoms with Crippen LogP contribution < -0.4 is 5.32 Å². The van der Waals surface area contributed by atoms with Crippen molar-refractivity contribution in [3.8, 4) is 5.69 Å². The van der Waals surface area contributed by atoms with Crippen molar-refractivity contribution in [2.45, 2.75) is 27.2 Å². The van der Waals surface area contributed by atoms with E-state index in [0.717, 1.165) is 24.3 Å². The van der Waals surface area contributed by atoms with E-state index in [0.29, 0.717) is 0 Å². The summed E-state index contributed by atoms with van der Waals surface area (Å²) in [6.07, 6.45) is 1.13. The van der Waals surface area contributed by atoms with E-state index in [9.17, 15) is 0 Å². The van der Waals surface area contributed by atoms with Crippen LogP contribution in [-0.4, -0.2) is 16.3 Å². The van der Waals surface area contributed by atoms with Crippen LogP contribution in [-0.2, 0) is 6.42 Å². The summed E-state index contributed by atoms with van der Waals surface area (Å²) in [5.41, 5.74) is 7.42. The fourth-order valence-electron chi connectivity index (χ4n) is 2.38. The van der Waals surface area contributed by atoms with E-state index in [2.05, 4.69) is 49.4 Å². The Morgan fingerprint density at radius 2 is 2.06 bits per heavy atom. The van der Waals surface area contributed by atoms with Gasteiger partial charge in [-0.15, -0.1) is 0 Å². The second-order valence-corrected chi connectivity index (χ2v) is 4.73. The number of fused-ring (bicyclic) bond motifs is 1. The van der Waals surface area contributed by atoms with Crippen molar-refractivity contribution in [1.82, 2.24) is 9.78 Å². The molecule has 1 aromatic heterocycles. The first kappa shape index (κ1) is 10.4. The lowest BCUT2D eigenvalue weighted by atomic mass is 10.1. The van der Waals surface area contributed by atoms with Gasteiger partial charge < -0.3 is 5.32 Å². The van der Waals surface area contributed by atoms with Crippen LogP contribution >= 0.6 is 0 Å². The number of nitrogens with one attached hydrogen (secondary N) is 1. The van der Waals surface area contributed by atoms with Gasteiger partial charge in [-0.2, -0.15) is 5.10 Å². The molecule has 0 fully saturated rings. The van der Waals surface area contributed by atoms with E-state index in [1.54, 1.807) is 0 Å². The lowest BCUT2D eigenvalue weighted by Crippen LogP contribution is -2.00. The Bertz CT molecular complexity index is 581. The van der Waals surface area contributed by atoms with Crippen molar-refractivity contribution in [3.05, 3.63) is 40.7 Å². The summed E-state index contributed by atoms with van der Waals surface area (Å²) >= 11 is 0. The van der Waals surface area contributed by atoms with Crippen molar-refractivity contribution in [3.63, 3.8) is 0 Å². The van der Waals surface area contributed by atoms with Crippen molar-refractivity contribution < 1.29 is 0 Å². The number of hydrogen-bond acceptors (Lipinski definition) is 2. The lowest BCUT2D eigenvalue weighted by Gasteiger charge is -2.07. The Kier molecular flexibility index (Phi) is 2.21. The zero-order chi connectivity index (χ0) is 12.0. The Balaban J connectivity index is 2.12. The Hall–Kier alpha value is -1.77. The molecular formula is C14H17N3. The molecule has 0 saturated carbocycles. The number of benzene rings is 1. The summed E-state index contributed by atoms with van der Waals surface area (Å²) in [5, 5.41) is 8.00. The summed E-state index contributed by atoms with van der Waals surface area (Å²) in [7, 11) is 0. The van der Waals surface area contributed by atoms with Crippen molar-refractivity contribution in [2.75, 3.05) is 11.9 Å². The summed E-state index contributed by atoms with van der Waals surface area (Å²) in [6.45, 7) is 7.36. The third-order valence-electron chi connectivity index (χ3n) is 3.70. The normalized spacial score (nSPS) is 13.6. The fourth-order valence-corrected chi connectivity index (χ4v) is 2.38. The van der Waals surface area contributed by atoms with Crippen LogP contribution in [0.4, 0.5) is 5.69 Å². The zero-order valence-electron chi connectivity index (χ0n) is 10.5. The molecule has 1 aliphatic rings. The van der Waals surface area contributed by atoms with Gasteiger partial charge in [0.25, 0.3) is 0 Å². The average Bonchev–Trinajstić information content (AvgIpc) is 2.89. The first-order valence-corrected chi connectivity index (χ1v) is 6.07. The predicted molar refractivity (Wildman–Crippen MR) is 70.0 cm³/mol. The highest BCUT2D eigenvalue weighted by Crippen LogP contribution is 2.26. The molecule has 1 aromatic carbocycles. The molecule has 3 nitrogen and oxygen atoms in total. The number of anilines is 1. The van der Waals surface area contributed by atoms with Gasteiger partial charge in [0.05, 0.1) is 11.4 Å². The van der Waals surface area contributed by atoms with Gasteiger partial charge in [0, 0.05) is 17.9 Å². The van der Waals surface area contributed by atoms with Crippen molar-refractivity contribution in [1.29, 1.82) is 0 Å². The highest BCUT2D eigenvalue weighted by molar-refractivity contribution is 5.60. The summed E-state index contributed by atoms with van der Waals surface area (Å²) in [6, 6.07) is 6.56. The molecule has 0 atom stereocenters. The molecule has 17 heavy (non-hydrogen) atoms. The molecule has 0 saturated heterocycles. The number of aryl methyl sites for hydroxylation is 1. The van der Waals surface area contributed by atoms with Gasteiger partial charge in [-0.25, -0.2) is 4.68 Å². The van der Waals surface area contributed by atoms with Crippen LogP contribution in [0.3, 0.4) is 0 Å².